The number of hydrogen-bond donors (Lipinski definition) is 0. The largest absolute Gasteiger partial charge is 0.339 e. The molecule has 0 aromatic heterocycles. The molecule has 2 aliphatic carbocycles. The summed E-state index contributed by atoms with van der Waals surface area (Å²) in [5.41, 5.74) is 0. The average molecular weight is 221 g/mol. The lowest BCUT2D eigenvalue weighted by Crippen LogP contribution is -2.42. The van der Waals surface area contributed by atoms with Gasteiger partial charge in [0.25, 0.3) is 0 Å². The van der Waals surface area contributed by atoms with E-state index >= 15 is 0 Å². The molecule has 2 bridgehead atoms. The Kier molecular flexibility index (Phi) is 2.68. The van der Waals surface area contributed by atoms with Gasteiger partial charge in [-0.25, -0.2) is 0 Å². The maximum Gasteiger partial charge on any atom is 0.225 e. The molecule has 2 nitrogen and oxygen atoms in total. The lowest BCUT2D eigenvalue weighted by Gasteiger charge is -2.33. The summed E-state index contributed by atoms with van der Waals surface area (Å²) in [6, 6.07) is 0.622. The molecule has 3 rings (SSSR count). The Balaban J connectivity index is 1.61. The molecule has 2 heteroatoms. The number of nitrogens with zero attached hydrogens (tertiary/aromatic N) is 1. The van der Waals surface area contributed by atoms with Crippen molar-refractivity contribution in [2.45, 2.75) is 57.9 Å². The molecule has 3 aliphatic rings. The Morgan fingerprint density at radius 3 is 2.38 bits per heavy atom. The van der Waals surface area contributed by atoms with Crippen LogP contribution in [0.3, 0.4) is 0 Å². The Morgan fingerprint density at radius 2 is 1.81 bits per heavy atom. The Hall–Kier alpha value is -0.530. The van der Waals surface area contributed by atoms with Gasteiger partial charge >= 0.3 is 0 Å². The summed E-state index contributed by atoms with van der Waals surface area (Å²) in [6.45, 7) is 3.40. The highest BCUT2D eigenvalue weighted by molar-refractivity contribution is 5.79. The van der Waals surface area contributed by atoms with E-state index in [1.54, 1.807) is 0 Å². The van der Waals surface area contributed by atoms with Crippen LogP contribution in [-0.2, 0) is 4.79 Å². The van der Waals surface area contributed by atoms with Crippen molar-refractivity contribution in [2.24, 2.45) is 17.8 Å². The molecule has 1 amide bonds. The topological polar surface area (TPSA) is 20.3 Å². The molecular weight excluding hydrogens is 198 g/mol. The highest BCUT2D eigenvalue weighted by atomic mass is 16.2. The summed E-state index contributed by atoms with van der Waals surface area (Å²) >= 11 is 0. The van der Waals surface area contributed by atoms with Gasteiger partial charge < -0.3 is 4.90 Å². The summed E-state index contributed by atoms with van der Waals surface area (Å²) in [5.74, 6) is 2.56. The number of carbonyl (C=O) groups excluding carboxylic acids is 1. The van der Waals surface area contributed by atoms with Crippen molar-refractivity contribution in [2.75, 3.05) is 6.54 Å². The van der Waals surface area contributed by atoms with Crippen LogP contribution < -0.4 is 0 Å². The van der Waals surface area contributed by atoms with E-state index in [-0.39, 0.29) is 0 Å². The van der Waals surface area contributed by atoms with Crippen molar-refractivity contribution < 1.29 is 4.79 Å². The third kappa shape index (κ3) is 1.76. The number of hydrogen-bond acceptors (Lipinski definition) is 1. The van der Waals surface area contributed by atoms with Crippen molar-refractivity contribution in [1.82, 2.24) is 4.90 Å². The second-order valence-electron chi connectivity index (χ2n) is 6.28. The van der Waals surface area contributed by atoms with E-state index in [4.69, 9.17) is 0 Å². The number of piperidine rings is 1. The van der Waals surface area contributed by atoms with Crippen LogP contribution in [0.5, 0.6) is 0 Å². The normalized spacial score (nSPS) is 42.7. The Bertz CT molecular complexity index is 280. The Morgan fingerprint density at radius 1 is 1.06 bits per heavy atom. The van der Waals surface area contributed by atoms with Crippen molar-refractivity contribution in [3.63, 3.8) is 0 Å². The van der Waals surface area contributed by atoms with Gasteiger partial charge in [-0.2, -0.15) is 0 Å². The second kappa shape index (κ2) is 4.05. The molecule has 0 aromatic rings. The fourth-order valence-electron chi connectivity index (χ4n) is 3.94. The monoisotopic (exact) mass is 221 g/mol. The van der Waals surface area contributed by atoms with Gasteiger partial charge in [0.15, 0.2) is 0 Å². The van der Waals surface area contributed by atoms with Crippen molar-refractivity contribution >= 4 is 5.91 Å². The summed E-state index contributed by atoms with van der Waals surface area (Å²) in [4.78, 5) is 14.7. The lowest BCUT2D eigenvalue weighted by molar-refractivity contribution is -0.138. The van der Waals surface area contributed by atoms with Crippen LogP contribution in [0.25, 0.3) is 0 Å². The third-order valence-corrected chi connectivity index (χ3v) is 5.06. The zero-order valence-corrected chi connectivity index (χ0v) is 10.3. The minimum atomic E-state index is 0.371. The smallest absolute Gasteiger partial charge is 0.225 e. The lowest BCUT2D eigenvalue weighted by atomic mass is 9.82. The molecule has 3 fully saturated rings. The molecule has 0 spiro atoms. The zero-order valence-electron chi connectivity index (χ0n) is 10.3. The van der Waals surface area contributed by atoms with Gasteiger partial charge in [-0.3, -0.25) is 4.79 Å². The third-order valence-electron chi connectivity index (χ3n) is 5.06. The highest BCUT2D eigenvalue weighted by Gasteiger charge is 2.42. The highest BCUT2D eigenvalue weighted by Crippen LogP contribution is 2.39. The van der Waals surface area contributed by atoms with E-state index in [0.717, 1.165) is 31.2 Å². The molecule has 0 unspecified atom stereocenters. The first-order chi connectivity index (χ1) is 7.74. The van der Waals surface area contributed by atoms with E-state index in [0.29, 0.717) is 17.9 Å². The predicted molar refractivity (Wildman–Crippen MR) is 64.0 cm³/mol. The van der Waals surface area contributed by atoms with E-state index in [9.17, 15) is 4.79 Å². The SMILES string of the molecule is C[C@H]1CC[C@@H](C(=O)N2C[C@H]3CC[C@@H]2C3)CC1. The number of fused-ring (bicyclic) bond motifs is 2. The van der Waals surface area contributed by atoms with Crippen LogP contribution in [0.1, 0.15) is 51.9 Å². The van der Waals surface area contributed by atoms with Crippen molar-refractivity contribution in [3.05, 3.63) is 0 Å². The Labute approximate surface area is 98.4 Å². The molecule has 1 saturated heterocycles. The second-order valence-corrected chi connectivity index (χ2v) is 6.28. The number of amides is 1. The molecule has 0 N–H and O–H groups in total. The van der Waals surface area contributed by atoms with Crippen molar-refractivity contribution in [3.8, 4) is 0 Å². The summed E-state index contributed by atoms with van der Waals surface area (Å²) < 4.78 is 0. The first-order valence-electron chi connectivity index (χ1n) is 7.04. The van der Waals surface area contributed by atoms with Crippen LogP contribution in [0.4, 0.5) is 0 Å². The maximum absolute atomic E-state index is 12.4. The molecular formula is C14H23NO. The van der Waals surface area contributed by atoms with Gasteiger partial charge in [0.1, 0.15) is 0 Å². The molecule has 2 saturated carbocycles. The first-order valence-corrected chi connectivity index (χ1v) is 7.04. The summed E-state index contributed by atoms with van der Waals surface area (Å²) in [6.07, 6.45) is 8.77. The first kappa shape index (κ1) is 10.6. The van der Waals surface area contributed by atoms with Gasteiger partial charge in [-0.1, -0.05) is 6.92 Å². The number of carbonyl (C=O) groups is 1. The number of rotatable bonds is 1. The van der Waals surface area contributed by atoms with E-state index < -0.39 is 0 Å². The molecule has 90 valence electrons. The molecule has 1 aliphatic heterocycles. The van der Waals surface area contributed by atoms with Crippen LogP contribution in [-0.4, -0.2) is 23.4 Å². The molecule has 2 atom stereocenters. The quantitative estimate of drug-likeness (QED) is 0.666. The molecule has 0 aromatic carbocycles. The maximum atomic E-state index is 12.4. The van der Waals surface area contributed by atoms with E-state index in [2.05, 4.69) is 11.8 Å². The standard InChI is InChI=1S/C14H23NO/c1-10-2-5-12(6-3-10)14(16)15-9-11-4-7-13(15)8-11/h10-13H,2-9H2,1H3/t10-,11-,12+,13+/m0/s1. The minimum Gasteiger partial charge on any atom is -0.339 e. The zero-order chi connectivity index (χ0) is 11.1. The van der Waals surface area contributed by atoms with Gasteiger partial charge in [-0.05, 0) is 56.8 Å². The fourth-order valence-corrected chi connectivity index (χ4v) is 3.94. The van der Waals surface area contributed by atoms with Gasteiger partial charge in [0.2, 0.25) is 5.91 Å². The van der Waals surface area contributed by atoms with Crippen LogP contribution in [0.15, 0.2) is 0 Å². The summed E-state index contributed by atoms with van der Waals surface area (Å²) in [7, 11) is 0. The van der Waals surface area contributed by atoms with Gasteiger partial charge in [0.05, 0.1) is 0 Å². The van der Waals surface area contributed by atoms with E-state index in [1.807, 2.05) is 0 Å². The van der Waals surface area contributed by atoms with Gasteiger partial charge in [0, 0.05) is 18.5 Å². The van der Waals surface area contributed by atoms with Crippen LogP contribution in [0.2, 0.25) is 0 Å². The molecule has 16 heavy (non-hydrogen) atoms. The van der Waals surface area contributed by atoms with E-state index in [1.165, 1.54) is 32.1 Å². The molecule has 0 radical (unpaired) electrons. The number of likely N-dealkylation sites (tertiary alicyclic amines) is 1. The minimum absolute atomic E-state index is 0.371. The van der Waals surface area contributed by atoms with Crippen molar-refractivity contribution in [1.29, 1.82) is 0 Å². The molecule has 1 heterocycles. The average Bonchev–Trinajstić information content (AvgIpc) is 2.91. The predicted octanol–water partition coefficient (Wildman–Crippen LogP) is 2.82. The van der Waals surface area contributed by atoms with Gasteiger partial charge in [-0.15, -0.1) is 0 Å². The van der Waals surface area contributed by atoms with Crippen LogP contribution in [0, 0.1) is 17.8 Å². The van der Waals surface area contributed by atoms with Crippen LogP contribution >= 0.6 is 0 Å². The fraction of sp³-hybridized carbons (Fsp3) is 0.929. The summed E-state index contributed by atoms with van der Waals surface area (Å²) in [5, 5.41) is 0.